The van der Waals surface area contributed by atoms with Crippen molar-refractivity contribution in [2.75, 3.05) is 13.1 Å². The second-order valence-corrected chi connectivity index (χ2v) is 6.83. The van der Waals surface area contributed by atoms with E-state index in [0.29, 0.717) is 24.7 Å². The Kier molecular flexibility index (Phi) is 4.43. The zero-order chi connectivity index (χ0) is 19.0. The standard InChI is InChI=1S/C18H21N7O2/c1-11-6-7-15(22-21-11)27-14-5-4-8-24(10-14)17(26)16-20-18-19-12(2)9-13(3)25(18)23-16/h6-7,9,14H,4-5,8,10H2,1-3H3/t14-/m0/s1. The van der Waals surface area contributed by atoms with E-state index in [2.05, 4.69) is 25.3 Å². The number of carbonyl (C=O) groups excluding carboxylic acids is 1. The number of hydrogen-bond acceptors (Lipinski definition) is 7. The molecule has 0 aromatic carbocycles. The second-order valence-electron chi connectivity index (χ2n) is 6.83. The molecular weight excluding hydrogens is 346 g/mol. The first-order valence-corrected chi connectivity index (χ1v) is 8.97. The van der Waals surface area contributed by atoms with E-state index in [1.807, 2.05) is 32.9 Å². The molecule has 9 nitrogen and oxygen atoms in total. The number of aryl methyl sites for hydroxylation is 3. The van der Waals surface area contributed by atoms with Crippen molar-refractivity contribution in [3.05, 3.63) is 41.1 Å². The predicted molar refractivity (Wildman–Crippen MR) is 96.6 cm³/mol. The SMILES string of the molecule is Cc1ccc(O[C@H]2CCCN(C(=O)c3nc4nc(C)cc(C)n4n3)C2)nn1. The first kappa shape index (κ1) is 17.3. The van der Waals surface area contributed by atoms with Crippen LogP contribution in [0.3, 0.4) is 0 Å². The molecule has 0 bridgehead atoms. The number of carbonyl (C=O) groups is 1. The maximum Gasteiger partial charge on any atom is 0.293 e. The van der Waals surface area contributed by atoms with E-state index in [9.17, 15) is 4.79 Å². The van der Waals surface area contributed by atoms with Crippen molar-refractivity contribution in [3.63, 3.8) is 0 Å². The average molecular weight is 367 g/mol. The smallest absolute Gasteiger partial charge is 0.293 e. The topological polar surface area (TPSA) is 98.4 Å². The van der Waals surface area contributed by atoms with E-state index in [-0.39, 0.29) is 17.8 Å². The quantitative estimate of drug-likeness (QED) is 0.692. The van der Waals surface area contributed by atoms with Crippen LogP contribution in [-0.4, -0.2) is 59.8 Å². The Balaban J connectivity index is 1.50. The molecule has 0 radical (unpaired) electrons. The average Bonchev–Trinajstić information content (AvgIpc) is 3.07. The lowest BCUT2D eigenvalue weighted by atomic mass is 10.1. The number of amides is 1. The van der Waals surface area contributed by atoms with Crippen LogP contribution in [0.5, 0.6) is 5.88 Å². The lowest BCUT2D eigenvalue weighted by molar-refractivity contribution is 0.0515. The first-order valence-electron chi connectivity index (χ1n) is 8.97. The minimum Gasteiger partial charge on any atom is -0.471 e. The van der Waals surface area contributed by atoms with Crippen LogP contribution in [0, 0.1) is 20.8 Å². The number of rotatable bonds is 3. The number of hydrogen-bond donors (Lipinski definition) is 0. The van der Waals surface area contributed by atoms with Gasteiger partial charge >= 0.3 is 0 Å². The Bertz CT molecular complexity index is 983. The summed E-state index contributed by atoms with van der Waals surface area (Å²) < 4.78 is 7.49. The van der Waals surface area contributed by atoms with Crippen molar-refractivity contribution in [2.45, 2.75) is 39.7 Å². The Morgan fingerprint density at radius 3 is 2.78 bits per heavy atom. The van der Waals surface area contributed by atoms with Gasteiger partial charge in [0.1, 0.15) is 6.10 Å². The zero-order valence-electron chi connectivity index (χ0n) is 15.6. The van der Waals surface area contributed by atoms with Gasteiger partial charge in [0, 0.05) is 24.0 Å². The van der Waals surface area contributed by atoms with E-state index in [1.54, 1.807) is 15.5 Å². The normalized spacial score (nSPS) is 17.3. The summed E-state index contributed by atoms with van der Waals surface area (Å²) in [4.78, 5) is 23.3. The van der Waals surface area contributed by atoms with Crippen LogP contribution in [0.2, 0.25) is 0 Å². The number of aromatic nitrogens is 6. The van der Waals surface area contributed by atoms with Gasteiger partial charge in [-0.25, -0.2) is 9.50 Å². The maximum absolute atomic E-state index is 12.9. The molecule has 3 aromatic heterocycles. The van der Waals surface area contributed by atoms with Crippen LogP contribution in [0.25, 0.3) is 5.78 Å². The zero-order valence-corrected chi connectivity index (χ0v) is 15.6. The van der Waals surface area contributed by atoms with E-state index in [4.69, 9.17) is 4.74 Å². The van der Waals surface area contributed by atoms with Crippen molar-refractivity contribution in [2.24, 2.45) is 0 Å². The summed E-state index contributed by atoms with van der Waals surface area (Å²) in [5.41, 5.74) is 2.57. The molecule has 9 heteroatoms. The van der Waals surface area contributed by atoms with Gasteiger partial charge in [-0.3, -0.25) is 4.79 Å². The molecule has 1 aliphatic heterocycles. The Morgan fingerprint density at radius 2 is 2.00 bits per heavy atom. The van der Waals surface area contributed by atoms with Crippen LogP contribution >= 0.6 is 0 Å². The van der Waals surface area contributed by atoms with Crippen LogP contribution in [0.15, 0.2) is 18.2 Å². The highest BCUT2D eigenvalue weighted by molar-refractivity contribution is 5.91. The van der Waals surface area contributed by atoms with E-state index in [0.717, 1.165) is 29.9 Å². The third kappa shape index (κ3) is 3.57. The fourth-order valence-electron chi connectivity index (χ4n) is 3.24. The summed E-state index contributed by atoms with van der Waals surface area (Å²) in [5.74, 6) is 0.865. The van der Waals surface area contributed by atoms with Gasteiger partial charge < -0.3 is 9.64 Å². The molecule has 0 N–H and O–H groups in total. The molecule has 0 unspecified atom stereocenters. The molecule has 0 saturated carbocycles. The van der Waals surface area contributed by atoms with Gasteiger partial charge in [-0.05, 0) is 45.7 Å². The Morgan fingerprint density at radius 1 is 1.15 bits per heavy atom. The Hall–Kier alpha value is -3.10. The third-order valence-corrected chi connectivity index (χ3v) is 4.54. The molecule has 1 aliphatic rings. The van der Waals surface area contributed by atoms with Gasteiger partial charge in [0.25, 0.3) is 11.7 Å². The molecule has 1 fully saturated rings. The van der Waals surface area contributed by atoms with E-state index in [1.165, 1.54) is 0 Å². The van der Waals surface area contributed by atoms with Crippen molar-refractivity contribution >= 4 is 11.7 Å². The monoisotopic (exact) mass is 367 g/mol. The number of fused-ring (bicyclic) bond motifs is 1. The third-order valence-electron chi connectivity index (χ3n) is 4.54. The fraction of sp³-hybridized carbons (Fsp3) is 0.444. The van der Waals surface area contributed by atoms with Gasteiger partial charge in [-0.1, -0.05) is 0 Å². The molecule has 27 heavy (non-hydrogen) atoms. The number of likely N-dealkylation sites (tertiary alicyclic amines) is 1. The van der Waals surface area contributed by atoms with Crippen LogP contribution < -0.4 is 4.74 Å². The molecule has 1 amide bonds. The largest absolute Gasteiger partial charge is 0.471 e. The molecule has 4 rings (SSSR count). The molecule has 1 atom stereocenters. The minimum atomic E-state index is -0.208. The number of piperidine rings is 1. The summed E-state index contributed by atoms with van der Waals surface area (Å²) in [7, 11) is 0. The van der Waals surface area contributed by atoms with Gasteiger partial charge in [0.2, 0.25) is 11.7 Å². The predicted octanol–water partition coefficient (Wildman–Crippen LogP) is 1.52. The van der Waals surface area contributed by atoms with Gasteiger partial charge in [-0.15, -0.1) is 10.2 Å². The van der Waals surface area contributed by atoms with Crippen LogP contribution in [0.1, 0.15) is 40.5 Å². The lowest BCUT2D eigenvalue weighted by Gasteiger charge is -2.31. The maximum atomic E-state index is 12.9. The minimum absolute atomic E-state index is 0.126. The molecule has 4 heterocycles. The van der Waals surface area contributed by atoms with Gasteiger partial charge in [0.05, 0.1) is 12.2 Å². The molecule has 140 valence electrons. The highest BCUT2D eigenvalue weighted by Gasteiger charge is 2.28. The number of ether oxygens (including phenoxy) is 1. The summed E-state index contributed by atoms with van der Waals surface area (Å²) >= 11 is 0. The lowest BCUT2D eigenvalue weighted by Crippen LogP contribution is -2.44. The van der Waals surface area contributed by atoms with Gasteiger partial charge in [-0.2, -0.15) is 10.1 Å². The summed E-state index contributed by atoms with van der Waals surface area (Å²) in [5, 5.41) is 12.4. The first-order chi connectivity index (χ1) is 13.0. The van der Waals surface area contributed by atoms with Crippen molar-refractivity contribution in [1.82, 2.24) is 34.7 Å². The van der Waals surface area contributed by atoms with Crippen molar-refractivity contribution in [1.29, 1.82) is 0 Å². The fourth-order valence-corrected chi connectivity index (χ4v) is 3.24. The molecule has 3 aromatic rings. The second kappa shape index (κ2) is 6.90. The highest BCUT2D eigenvalue weighted by atomic mass is 16.5. The van der Waals surface area contributed by atoms with Crippen LogP contribution in [-0.2, 0) is 0 Å². The van der Waals surface area contributed by atoms with Crippen molar-refractivity contribution < 1.29 is 9.53 Å². The molecule has 0 spiro atoms. The van der Waals surface area contributed by atoms with E-state index >= 15 is 0 Å². The molecule has 1 saturated heterocycles. The molecular formula is C18H21N7O2. The van der Waals surface area contributed by atoms with Crippen LogP contribution in [0.4, 0.5) is 0 Å². The van der Waals surface area contributed by atoms with Gasteiger partial charge in [0.15, 0.2) is 0 Å². The summed E-state index contributed by atoms with van der Waals surface area (Å²) in [6.45, 7) is 6.80. The molecule has 0 aliphatic carbocycles. The highest BCUT2D eigenvalue weighted by Crippen LogP contribution is 2.18. The summed E-state index contributed by atoms with van der Waals surface area (Å²) in [6, 6.07) is 5.55. The van der Waals surface area contributed by atoms with E-state index < -0.39 is 0 Å². The Labute approximate surface area is 156 Å². The summed E-state index contributed by atoms with van der Waals surface area (Å²) in [6.07, 6.45) is 1.58. The number of nitrogens with zero attached hydrogens (tertiary/aromatic N) is 7. The van der Waals surface area contributed by atoms with Crippen molar-refractivity contribution in [3.8, 4) is 5.88 Å².